The Morgan fingerprint density at radius 2 is 1.89 bits per heavy atom. The number of ether oxygens (including phenoxy) is 1. The summed E-state index contributed by atoms with van der Waals surface area (Å²) in [5, 5.41) is 25.7. The molecule has 0 aliphatic heterocycles. The van der Waals surface area contributed by atoms with Gasteiger partial charge in [0, 0.05) is 11.4 Å². The second-order valence-electron chi connectivity index (χ2n) is 6.91. The van der Waals surface area contributed by atoms with Crippen LogP contribution in [0.15, 0.2) is 58.0 Å². The van der Waals surface area contributed by atoms with Crippen LogP contribution in [0.5, 0.6) is 5.75 Å². The summed E-state index contributed by atoms with van der Waals surface area (Å²) in [6.45, 7) is 3.00. The number of nitrogens with one attached hydrogen (secondary N) is 2. The number of rotatable bonds is 9. The van der Waals surface area contributed by atoms with Crippen LogP contribution in [0.2, 0.25) is 0 Å². The van der Waals surface area contributed by atoms with Crippen LogP contribution < -0.4 is 50.0 Å². The number of nitrogens with zero attached hydrogens (tertiary/aromatic N) is 4. The van der Waals surface area contributed by atoms with Crippen LogP contribution in [0.3, 0.4) is 0 Å². The zero-order valence-electron chi connectivity index (χ0n) is 19.2. The first-order chi connectivity index (χ1) is 16.2. The van der Waals surface area contributed by atoms with E-state index < -0.39 is 21.7 Å². The van der Waals surface area contributed by atoms with Crippen molar-refractivity contribution in [3.63, 3.8) is 0 Å². The van der Waals surface area contributed by atoms with Crippen LogP contribution in [-0.4, -0.2) is 30.9 Å². The smallest absolute Gasteiger partial charge is 0.861 e. The molecule has 0 aliphatic carbocycles. The number of aryl methyl sites for hydroxylation is 1. The van der Waals surface area contributed by atoms with Gasteiger partial charge in [-0.05, 0) is 61.2 Å². The fraction of sp³-hybridized carbons (Fsp3) is 0.182. The molecule has 0 radical (unpaired) electrons. The maximum Gasteiger partial charge on any atom is 1.00 e. The van der Waals surface area contributed by atoms with Crippen molar-refractivity contribution < 1.29 is 52.2 Å². The molecule has 13 heteroatoms. The molecular formula is C22H20FN6NaO4S. The number of hydrogen-bond donors (Lipinski definition) is 2. The van der Waals surface area contributed by atoms with Gasteiger partial charge in [0.1, 0.15) is 11.8 Å². The maximum absolute atomic E-state index is 14.3. The average molecular weight is 506 g/mol. The van der Waals surface area contributed by atoms with Crippen LogP contribution in [0.25, 0.3) is 0 Å². The minimum absolute atomic E-state index is 0. The zero-order valence-corrected chi connectivity index (χ0v) is 22.1. The Hall–Kier alpha value is -3.24. The molecule has 0 atom stereocenters. The Balaban J connectivity index is 0.00000432. The molecule has 0 spiro atoms. The summed E-state index contributed by atoms with van der Waals surface area (Å²) >= 11 is 0. The molecule has 0 amide bonds. The molecule has 3 aromatic rings. The summed E-state index contributed by atoms with van der Waals surface area (Å²) in [5.74, 6) is -1.09. The van der Waals surface area contributed by atoms with E-state index in [-0.39, 0.29) is 59.2 Å². The topological polar surface area (TPSA) is 152 Å². The number of sulfonamides is 1. The number of hydrogen-bond acceptors (Lipinski definition) is 9. The second-order valence-corrected chi connectivity index (χ2v) is 8.48. The van der Waals surface area contributed by atoms with Crippen molar-refractivity contribution in [1.29, 1.82) is 5.26 Å². The maximum atomic E-state index is 14.3. The van der Waals surface area contributed by atoms with Gasteiger partial charge in [-0.3, -0.25) is 0 Å². The van der Waals surface area contributed by atoms with Crippen molar-refractivity contribution in [2.45, 2.75) is 25.2 Å². The molecule has 2 aromatic carbocycles. The van der Waals surface area contributed by atoms with E-state index in [9.17, 15) is 17.9 Å². The molecule has 1 aromatic heterocycles. The van der Waals surface area contributed by atoms with Crippen LogP contribution in [0.4, 0.5) is 27.5 Å². The zero-order chi connectivity index (χ0) is 24.7. The van der Waals surface area contributed by atoms with E-state index in [4.69, 9.17) is 10.00 Å². The standard InChI is InChI=1S/C22H21FN6O4S.Na/c1-3-20(30)29-34(31,32)19-12-16(5-4-14(19)2)27-22-25-13-18(23)21(28-22)26-15-6-8-17(9-7-15)33-11-10-24;/h4-9,12-13H,3,11H2,1-2H3,(H,29,30)(H2,25,26,27,28);/q;+1/p-1. The molecule has 2 N–H and O–H groups in total. The van der Waals surface area contributed by atoms with E-state index in [1.807, 2.05) is 6.07 Å². The van der Waals surface area contributed by atoms with Crippen molar-refractivity contribution in [3.8, 4) is 11.8 Å². The predicted molar refractivity (Wildman–Crippen MR) is 122 cm³/mol. The van der Waals surface area contributed by atoms with Gasteiger partial charge in [-0.1, -0.05) is 13.0 Å². The number of anilines is 4. The van der Waals surface area contributed by atoms with E-state index in [1.165, 1.54) is 13.0 Å². The van der Waals surface area contributed by atoms with Gasteiger partial charge < -0.3 is 20.5 Å². The summed E-state index contributed by atoms with van der Waals surface area (Å²) in [4.78, 5) is 7.85. The predicted octanol–water partition coefficient (Wildman–Crippen LogP) is 0.175. The number of aromatic nitrogens is 2. The summed E-state index contributed by atoms with van der Waals surface area (Å²) in [6, 6.07) is 12.8. The first-order valence-electron chi connectivity index (χ1n) is 9.99. The molecule has 0 saturated heterocycles. The minimum Gasteiger partial charge on any atom is -0.861 e. The van der Waals surface area contributed by atoms with E-state index in [1.54, 1.807) is 43.3 Å². The molecule has 0 aliphatic rings. The molecule has 3 rings (SSSR count). The van der Waals surface area contributed by atoms with E-state index in [2.05, 4.69) is 25.0 Å². The molecular weight excluding hydrogens is 486 g/mol. The summed E-state index contributed by atoms with van der Waals surface area (Å²) in [6.07, 6.45) is 0.925. The molecule has 10 nitrogen and oxygen atoms in total. The van der Waals surface area contributed by atoms with Crippen LogP contribution in [0.1, 0.15) is 18.9 Å². The molecule has 176 valence electrons. The SMILES string of the molecule is CC/C([O-])=N\S(=O)(=O)c1cc(Nc2ncc(F)c(Nc3ccc(OCC#N)cc3)n2)ccc1C.[Na+]. The molecule has 0 fully saturated rings. The number of benzene rings is 2. The first kappa shape index (κ1) is 28.0. The van der Waals surface area contributed by atoms with E-state index in [0.717, 1.165) is 6.20 Å². The quantitative estimate of drug-likeness (QED) is 0.235. The Bertz CT molecular complexity index is 1360. The Morgan fingerprint density at radius 3 is 2.54 bits per heavy atom. The number of halogens is 1. The third-order valence-electron chi connectivity index (χ3n) is 4.41. The van der Waals surface area contributed by atoms with Gasteiger partial charge in [-0.25, -0.2) is 9.37 Å². The molecule has 0 unspecified atom stereocenters. The van der Waals surface area contributed by atoms with Crippen LogP contribution >= 0.6 is 0 Å². The normalized spacial score (nSPS) is 11.2. The molecule has 35 heavy (non-hydrogen) atoms. The van der Waals surface area contributed by atoms with Crippen LogP contribution in [0, 0.1) is 24.1 Å². The number of nitriles is 1. The van der Waals surface area contributed by atoms with E-state index in [0.29, 0.717) is 22.7 Å². The fourth-order valence-electron chi connectivity index (χ4n) is 2.73. The third kappa shape index (κ3) is 7.63. The van der Waals surface area contributed by atoms with Gasteiger partial charge in [0.2, 0.25) is 5.95 Å². The average Bonchev–Trinajstić information content (AvgIpc) is 2.81. The monoisotopic (exact) mass is 506 g/mol. The van der Waals surface area contributed by atoms with Gasteiger partial charge in [0.05, 0.1) is 11.1 Å². The Labute approximate surface area is 224 Å². The second kappa shape index (κ2) is 12.5. The van der Waals surface area contributed by atoms with Crippen molar-refractivity contribution >= 4 is 39.1 Å². The van der Waals surface area contributed by atoms with Crippen molar-refractivity contribution in [3.05, 3.63) is 60.0 Å². The summed E-state index contributed by atoms with van der Waals surface area (Å²) < 4.78 is 47.7. The van der Waals surface area contributed by atoms with Crippen molar-refractivity contribution in [1.82, 2.24) is 9.97 Å². The Morgan fingerprint density at radius 1 is 1.20 bits per heavy atom. The van der Waals surface area contributed by atoms with Gasteiger partial charge in [-0.2, -0.15) is 23.1 Å². The minimum atomic E-state index is -4.19. The molecule has 1 heterocycles. The Kier molecular flexibility index (Phi) is 9.97. The van der Waals surface area contributed by atoms with Gasteiger partial charge in [0.15, 0.2) is 18.2 Å². The van der Waals surface area contributed by atoms with Gasteiger partial charge in [0.25, 0.3) is 10.0 Å². The molecule has 0 saturated carbocycles. The summed E-state index contributed by atoms with van der Waals surface area (Å²) in [7, 11) is -4.19. The third-order valence-corrected chi connectivity index (χ3v) is 5.85. The van der Waals surface area contributed by atoms with Gasteiger partial charge >= 0.3 is 29.6 Å². The molecule has 0 bridgehead atoms. The van der Waals surface area contributed by atoms with Crippen LogP contribution in [-0.2, 0) is 10.0 Å². The van der Waals surface area contributed by atoms with Crippen molar-refractivity contribution in [2.75, 3.05) is 17.2 Å². The van der Waals surface area contributed by atoms with Gasteiger partial charge in [-0.15, -0.1) is 0 Å². The van der Waals surface area contributed by atoms with Crippen molar-refractivity contribution in [2.24, 2.45) is 4.40 Å². The largest absolute Gasteiger partial charge is 1.00 e. The fourth-order valence-corrected chi connectivity index (χ4v) is 3.98. The first-order valence-corrected chi connectivity index (χ1v) is 11.4. The van der Waals surface area contributed by atoms with E-state index >= 15 is 0 Å². The summed E-state index contributed by atoms with van der Waals surface area (Å²) in [5.41, 5.74) is 1.22.